The van der Waals surface area contributed by atoms with Crippen molar-refractivity contribution in [1.29, 1.82) is 0 Å². The van der Waals surface area contributed by atoms with E-state index in [4.69, 9.17) is 11.6 Å². The summed E-state index contributed by atoms with van der Waals surface area (Å²) < 4.78 is 0. The summed E-state index contributed by atoms with van der Waals surface area (Å²) >= 11 is 7.31. The van der Waals surface area contributed by atoms with Crippen LogP contribution >= 0.6 is 22.9 Å². The number of thiazole rings is 1. The fourth-order valence-electron chi connectivity index (χ4n) is 1.83. The van der Waals surface area contributed by atoms with Gasteiger partial charge >= 0.3 is 11.8 Å². The van der Waals surface area contributed by atoms with Gasteiger partial charge in [0.15, 0.2) is 0 Å². The molecule has 0 aliphatic rings. The molecule has 2 N–H and O–H groups in total. The van der Waals surface area contributed by atoms with Gasteiger partial charge in [0.2, 0.25) is 0 Å². The molecule has 0 saturated heterocycles. The number of carbonyl (C=O) groups is 2. The highest BCUT2D eigenvalue weighted by atomic mass is 35.5. The van der Waals surface area contributed by atoms with Gasteiger partial charge in [-0.05, 0) is 38.5 Å². The monoisotopic (exact) mass is 337 g/mol. The standard InChI is InChI=1S/C15H16ClN3O2S/c1-9-4-5-10(16)8-11(9)18-12(20)13(21)19-15(2,3)14-17-6-7-22-14/h4-8H,1-3H3,(H,18,20)(H,19,21). The Morgan fingerprint density at radius 3 is 2.64 bits per heavy atom. The first-order chi connectivity index (χ1) is 10.3. The third-order valence-electron chi connectivity index (χ3n) is 3.05. The zero-order chi connectivity index (χ0) is 16.3. The smallest absolute Gasteiger partial charge is 0.313 e. The second kappa shape index (κ2) is 6.46. The van der Waals surface area contributed by atoms with E-state index in [0.29, 0.717) is 10.7 Å². The van der Waals surface area contributed by atoms with E-state index in [-0.39, 0.29) is 0 Å². The predicted molar refractivity (Wildman–Crippen MR) is 88.1 cm³/mol. The average Bonchev–Trinajstić information content (AvgIpc) is 2.97. The Hall–Kier alpha value is -1.92. The van der Waals surface area contributed by atoms with Crippen molar-refractivity contribution in [3.8, 4) is 0 Å². The van der Waals surface area contributed by atoms with Crippen molar-refractivity contribution in [2.24, 2.45) is 0 Å². The molecule has 1 aromatic heterocycles. The van der Waals surface area contributed by atoms with Crippen LogP contribution in [-0.2, 0) is 15.1 Å². The number of aromatic nitrogens is 1. The predicted octanol–water partition coefficient (Wildman–Crippen LogP) is 3.09. The van der Waals surface area contributed by atoms with Crippen molar-refractivity contribution < 1.29 is 9.59 Å². The van der Waals surface area contributed by atoms with Crippen molar-refractivity contribution in [1.82, 2.24) is 10.3 Å². The van der Waals surface area contributed by atoms with E-state index >= 15 is 0 Å². The molecule has 0 bridgehead atoms. The number of anilines is 1. The lowest BCUT2D eigenvalue weighted by Gasteiger charge is -2.23. The third-order valence-corrected chi connectivity index (χ3v) is 4.38. The quantitative estimate of drug-likeness (QED) is 0.845. The summed E-state index contributed by atoms with van der Waals surface area (Å²) in [6.07, 6.45) is 1.66. The Kier molecular flexibility index (Phi) is 4.83. The summed E-state index contributed by atoms with van der Waals surface area (Å²) in [6, 6.07) is 5.10. The van der Waals surface area contributed by atoms with Gasteiger partial charge < -0.3 is 10.6 Å². The molecule has 0 aliphatic heterocycles. The number of hydrogen-bond donors (Lipinski definition) is 2. The number of hydrogen-bond acceptors (Lipinski definition) is 4. The van der Waals surface area contributed by atoms with Gasteiger partial charge in [0.05, 0.1) is 5.54 Å². The highest BCUT2D eigenvalue weighted by Crippen LogP contribution is 2.22. The fraction of sp³-hybridized carbons (Fsp3) is 0.267. The van der Waals surface area contributed by atoms with Crippen molar-refractivity contribution >= 4 is 40.4 Å². The molecule has 0 unspecified atom stereocenters. The van der Waals surface area contributed by atoms with Crippen LogP contribution in [0, 0.1) is 6.92 Å². The topological polar surface area (TPSA) is 71.1 Å². The van der Waals surface area contributed by atoms with E-state index in [1.807, 2.05) is 12.3 Å². The molecule has 0 radical (unpaired) electrons. The zero-order valence-electron chi connectivity index (χ0n) is 12.4. The minimum Gasteiger partial charge on any atom is -0.336 e. The van der Waals surface area contributed by atoms with E-state index in [1.54, 1.807) is 38.2 Å². The maximum absolute atomic E-state index is 12.1. The molecule has 22 heavy (non-hydrogen) atoms. The average molecular weight is 338 g/mol. The fourth-order valence-corrected chi connectivity index (χ4v) is 2.72. The Balaban J connectivity index is 2.07. The van der Waals surface area contributed by atoms with E-state index in [2.05, 4.69) is 15.6 Å². The maximum atomic E-state index is 12.1. The Labute approximate surface area is 137 Å². The second-order valence-corrected chi connectivity index (χ2v) is 6.66. The van der Waals surface area contributed by atoms with E-state index in [9.17, 15) is 9.59 Å². The molecule has 0 spiro atoms. The number of rotatable bonds is 3. The Bertz CT molecular complexity index is 699. The van der Waals surface area contributed by atoms with Crippen LogP contribution in [-0.4, -0.2) is 16.8 Å². The lowest BCUT2D eigenvalue weighted by molar-refractivity contribution is -0.137. The molecule has 116 valence electrons. The molecule has 5 nitrogen and oxygen atoms in total. The van der Waals surface area contributed by atoms with Gasteiger partial charge in [-0.1, -0.05) is 17.7 Å². The third kappa shape index (κ3) is 3.84. The summed E-state index contributed by atoms with van der Waals surface area (Å²) in [7, 11) is 0. The summed E-state index contributed by atoms with van der Waals surface area (Å²) in [5.41, 5.74) is 0.621. The molecule has 0 fully saturated rings. The minimum absolute atomic E-state index is 0.490. The molecular weight excluding hydrogens is 322 g/mol. The first-order valence-corrected chi connectivity index (χ1v) is 7.85. The molecule has 0 atom stereocenters. The Morgan fingerprint density at radius 2 is 2.00 bits per heavy atom. The number of carbonyl (C=O) groups excluding carboxylic acids is 2. The summed E-state index contributed by atoms with van der Waals surface area (Å²) in [5, 5.41) is 8.28. The number of amides is 2. The van der Waals surface area contributed by atoms with Gasteiger partial charge in [-0.2, -0.15) is 0 Å². The molecule has 2 rings (SSSR count). The van der Waals surface area contributed by atoms with Crippen LogP contribution in [0.25, 0.3) is 0 Å². The molecule has 0 saturated carbocycles. The number of benzene rings is 1. The lowest BCUT2D eigenvalue weighted by Crippen LogP contribution is -2.46. The SMILES string of the molecule is Cc1ccc(Cl)cc1NC(=O)C(=O)NC(C)(C)c1nccs1. The van der Waals surface area contributed by atoms with Crippen LogP contribution in [0.4, 0.5) is 5.69 Å². The first kappa shape index (κ1) is 16.5. The molecule has 2 amide bonds. The van der Waals surface area contributed by atoms with Crippen LogP contribution in [0.2, 0.25) is 5.02 Å². The van der Waals surface area contributed by atoms with Crippen molar-refractivity contribution in [2.75, 3.05) is 5.32 Å². The van der Waals surface area contributed by atoms with E-state index in [1.165, 1.54) is 11.3 Å². The largest absolute Gasteiger partial charge is 0.336 e. The maximum Gasteiger partial charge on any atom is 0.313 e. The van der Waals surface area contributed by atoms with E-state index < -0.39 is 17.4 Å². The summed E-state index contributed by atoms with van der Waals surface area (Å²) in [5.74, 6) is -1.46. The van der Waals surface area contributed by atoms with Gasteiger partial charge in [-0.25, -0.2) is 4.98 Å². The highest BCUT2D eigenvalue weighted by Gasteiger charge is 2.28. The number of nitrogens with one attached hydrogen (secondary N) is 2. The summed E-state index contributed by atoms with van der Waals surface area (Å²) in [6.45, 7) is 5.41. The summed E-state index contributed by atoms with van der Waals surface area (Å²) in [4.78, 5) is 28.3. The first-order valence-electron chi connectivity index (χ1n) is 6.59. The minimum atomic E-state index is -0.741. The van der Waals surface area contributed by atoms with Crippen LogP contribution in [0.3, 0.4) is 0 Å². The van der Waals surface area contributed by atoms with Gasteiger partial charge in [0.25, 0.3) is 0 Å². The van der Waals surface area contributed by atoms with Crippen LogP contribution < -0.4 is 10.6 Å². The van der Waals surface area contributed by atoms with Crippen molar-refractivity contribution in [3.63, 3.8) is 0 Å². The number of aryl methyl sites for hydroxylation is 1. The lowest BCUT2D eigenvalue weighted by atomic mass is 10.1. The van der Waals surface area contributed by atoms with Crippen molar-refractivity contribution in [2.45, 2.75) is 26.3 Å². The highest BCUT2D eigenvalue weighted by molar-refractivity contribution is 7.09. The molecule has 2 aromatic rings. The zero-order valence-corrected chi connectivity index (χ0v) is 14.0. The van der Waals surface area contributed by atoms with E-state index in [0.717, 1.165) is 10.6 Å². The van der Waals surface area contributed by atoms with Gasteiger partial charge in [-0.15, -0.1) is 11.3 Å². The van der Waals surface area contributed by atoms with Crippen molar-refractivity contribution in [3.05, 3.63) is 45.4 Å². The second-order valence-electron chi connectivity index (χ2n) is 5.33. The number of nitrogens with zero attached hydrogens (tertiary/aromatic N) is 1. The molecule has 0 aliphatic carbocycles. The van der Waals surface area contributed by atoms with Gasteiger partial charge in [0, 0.05) is 22.3 Å². The molecule has 1 heterocycles. The molecule has 1 aromatic carbocycles. The van der Waals surface area contributed by atoms with Gasteiger partial charge in [-0.3, -0.25) is 9.59 Å². The van der Waals surface area contributed by atoms with Crippen LogP contribution in [0.1, 0.15) is 24.4 Å². The van der Waals surface area contributed by atoms with Crippen LogP contribution in [0.5, 0.6) is 0 Å². The van der Waals surface area contributed by atoms with Crippen LogP contribution in [0.15, 0.2) is 29.8 Å². The normalized spacial score (nSPS) is 11.1. The van der Waals surface area contributed by atoms with Gasteiger partial charge in [0.1, 0.15) is 5.01 Å². The molecule has 7 heteroatoms. The Morgan fingerprint density at radius 1 is 1.27 bits per heavy atom. The molecular formula is C15H16ClN3O2S. The number of halogens is 1.